The van der Waals surface area contributed by atoms with E-state index >= 15 is 0 Å². The molecule has 13 heavy (non-hydrogen) atoms. The molecule has 1 fully saturated rings. The van der Waals surface area contributed by atoms with Crippen LogP contribution in [0.5, 0.6) is 0 Å². The minimum atomic E-state index is 0.588. The average Bonchev–Trinajstić information content (AvgIpc) is 2.29. The molecule has 1 aliphatic heterocycles. The SMILES string of the molecule is CC(C)CC1CC(=S)N(C(C)C)C1. The van der Waals surface area contributed by atoms with E-state index in [4.69, 9.17) is 12.2 Å². The highest BCUT2D eigenvalue weighted by molar-refractivity contribution is 7.80. The van der Waals surface area contributed by atoms with Crippen LogP contribution in [0.3, 0.4) is 0 Å². The predicted octanol–water partition coefficient (Wildman–Crippen LogP) is 3.09. The summed E-state index contributed by atoms with van der Waals surface area (Å²) in [7, 11) is 0. The highest BCUT2D eigenvalue weighted by atomic mass is 32.1. The highest BCUT2D eigenvalue weighted by Crippen LogP contribution is 2.26. The summed E-state index contributed by atoms with van der Waals surface area (Å²) in [6, 6.07) is 0.588. The molecule has 1 rings (SSSR count). The van der Waals surface area contributed by atoms with Crippen LogP contribution in [0.25, 0.3) is 0 Å². The van der Waals surface area contributed by atoms with Gasteiger partial charge in [0, 0.05) is 19.0 Å². The van der Waals surface area contributed by atoms with Gasteiger partial charge >= 0.3 is 0 Å². The molecule has 0 aliphatic carbocycles. The van der Waals surface area contributed by atoms with Gasteiger partial charge in [-0.2, -0.15) is 0 Å². The van der Waals surface area contributed by atoms with E-state index in [-0.39, 0.29) is 0 Å². The molecule has 1 saturated heterocycles. The Balaban J connectivity index is 2.45. The molecule has 0 amide bonds. The van der Waals surface area contributed by atoms with Crippen molar-refractivity contribution in [3.05, 3.63) is 0 Å². The first-order valence-electron chi connectivity index (χ1n) is 5.30. The van der Waals surface area contributed by atoms with Gasteiger partial charge in [-0.25, -0.2) is 0 Å². The van der Waals surface area contributed by atoms with Crippen LogP contribution in [0.15, 0.2) is 0 Å². The molecule has 0 spiro atoms. The monoisotopic (exact) mass is 199 g/mol. The lowest BCUT2D eigenvalue weighted by atomic mass is 9.97. The van der Waals surface area contributed by atoms with E-state index in [0.717, 1.165) is 18.3 Å². The van der Waals surface area contributed by atoms with Gasteiger partial charge in [-0.1, -0.05) is 26.1 Å². The summed E-state index contributed by atoms with van der Waals surface area (Å²) in [5.74, 6) is 1.62. The molecule has 0 saturated carbocycles. The molecular weight excluding hydrogens is 178 g/mol. The molecule has 2 heteroatoms. The van der Waals surface area contributed by atoms with Crippen molar-refractivity contribution >= 4 is 17.2 Å². The maximum absolute atomic E-state index is 5.37. The number of likely N-dealkylation sites (tertiary alicyclic amines) is 1. The van der Waals surface area contributed by atoms with Crippen LogP contribution < -0.4 is 0 Å². The zero-order valence-corrected chi connectivity index (χ0v) is 10.0. The first-order valence-corrected chi connectivity index (χ1v) is 5.71. The molecule has 1 heterocycles. The number of hydrogen-bond donors (Lipinski definition) is 0. The van der Waals surface area contributed by atoms with Crippen molar-refractivity contribution in [1.29, 1.82) is 0 Å². The molecule has 1 nitrogen and oxygen atoms in total. The van der Waals surface area contributed by atoms with Crippen molar-refractivity contribution < 1.29 is 0 Å². The third-order valence-corrected chi connectivity index (χ3v) is 3.07. The van der Waals surface area contributed by atoms with Crippen LogP contribution in [0.1, 0.15) is 40.5 Å². The maximum atomic E-state index is 5.37. The number of rotatable bonds is 3. The zero-order chi connectivity index (χ0) is 10.0. The molecule has 1 aliphatic rings. The van der Waals surface area contributed by atoms with Crippen LogP contribution in [0, 0.1) is 11.8 Å². The summed E-state index contributed by atoms with van der Waals surface area (Å²) in [5.41, 5.74) is 0. The second kappa shape index (κ2) is 4.41. The lowest BCUT2D eigenvalue weighted by molar-refractivity contribution is 0.320. The quantitative estimate of drug-likeness (QED) is 0.643. The van der Waals surface area contributed by atoms with Crippen molar-refractivity contribution in [2.24, 2.45) is 11.8 Å². The summed E-state index contributed by atoms with van der Waals surface area (Å²) in [6.07, 6.45) is 2.47. The molecule has 76 valence electrons. The van der Waals surface area contributed by atoms with E-state index < -0.39 is 0 Å². The number of thiocarbonyl (C=S) groups is 1. The minimum Gasteiger partial charge on any atom is -0.363 e. The van der Waals surface area contributed by atoms with Crippen molar-refractivity contribution in [3.8, 4) is 0 Å². The Bertz CT molecular complexity index is 187. The van der Waals surface area contributed by atoms with Gasteiger partial charge < -0.3 is 4.90 Å². The first-order chi connectivity index (χ1) is 6.00. The van der Waals surface area contributed by atoms with Gasteiger partial charge in [0.2, 0.25) is 0 Å². The zero-order valence-electron chi connectivity index (χ0n) is 9.21. The third kappa shape index (κ3) is 2.94. The Morgan fingerprint density at radius 2 is 2.00 bits per heavy atom. The van der Waals surface area contributed by atoms with Gasteiger partial charge in [0.15, 0.2) is 0 Å². The van der Waals surface area contributed by atoms with Crippen LogP contribution in [0.4, 0.5) is 0 Å². The van der Waals surface area contributed by atoms with E-state index in [2.05, 4.69) is 32.6 Å². The topological polar surface area (TPSA) is 3.24 Å². The Kier molecular flexibility index (Phi) is 3.72. The molecule has 0 N–H and O–H groups in total. The summed E-state index contributed by atoms with van der Waals surface area (Å²) in [6.45, 7) is 10.2. The van der Waals surface area contributed by atoms with Crippen LogP contribution in [0.2, 0.25) is 0 Å². The van der Waals surface area contributed by atoms with Gasteiger partial charge in [-0.15, -0.1) is 0 Å². The molecule has 0 aromatic carbocycles. The fourth-order valence-corrected chi connectivity index (χ4v) is 2.65. The summed E-state index contributed by atoms with van der Waals surface area (Å²) < 4.78 is 0. The molecule has 0 aromatic heterocycles. The average molecular weight is 199 g/mol. The summed E-state index contributed by atoms with van der Waals surface area (Å²) >= 11 is 5.37. The maximum Gasteiger partial charge on any atom is 0.0785 e. The molecule has 1 atom stereocenters. The Morgan fingerprint density at radius 3 is 2.38 bits per heavy atom. The Morgan fingerprint density at radius 1 is 1.38 bits per heavy atom. The minimum absolute atomic E-state index is 0.588. The van der Waals surface area contributed by atoms with Crippen LogP contribution in [-0.2, 0) is 0 Å². The van der Waals surface area contributed by atoms with Crippen LogP contribution >= 0.6 is 12.2 Å². The smallest absolute Gasteiger partial charge is 0.0785 e. The van der Waals surface area contributed by atoms with Gasteiger partial charge in [0.25, 0.3) is 0 Å². The van der Waals surface area contributed by atoms with Gasteiger partial charge in [0.05, 0.1) is 4.99 Å². The van der Waals surface area contributed by atoms with Crippen molar-refractivity contribution in [3.63, 3.8) is 0 Å². The Labute approximate surface area is 87.5 Å². The van der Waals surface area contributed by atoms with Crippen molar-refractivity contribution in [2.45, 2.75) is 46.6 Å². The summed E-state index contributed by atoms with van der Waals surface area (Å²) in [5, 5.41) is 0. The fourth-order valence-electron chi connectivity index (χ4n) is 2.13. The van der Waals surface area contributed by atoms with E-state index in [0.29, 0.717) is 6.04 Å². The van der Waals surface area contributed by atoms with Crippen LogP contribution in [-0.4, -0.2) is 22.5 Å². The normalized spacial score (nSPS) is 23.7. The van der Waals surface area contributed by atoms with Gasteiger partial charge in [-0.3, -0.25) is 0 Å². The second-order valence-electron chi connectivity index (χ2n) is 4.84. The molecular formula is C11H21NS. The second-order valence-corrected chi connectivity index (χ2v) is 5.31. The van der Waals surface area contributed by atoms with E-state index in [1.165, 1.54) is 18.0 Å². The largest absolute Gasteiger partial charge is 0.363 e. The van der Waals surface area contributed by atoms with E-state index in [1.807, 2.05) is 0 Å². The van der Waals surface area contributed by atoms with Gasteiger partial charge in [-0.05, 0) is 32.1 Å². The fraction of sp³-hybridized carbons (Fsp3) is 0.909. The van der Waals surface area contributed by atoms with E-state index in [1.54, 1.807) is 0 Å². The first kappa shape index (κ1) is 11.0. The van der Waals surface area contributed by atoms with Crippen molar-refractivity contribution in [2.75, 3.05) is 6.54 Å². The van der Waals surface area contributed by atoms with Crippen molar-refractivity contribution in [1.82, 2.24) is 4.90 Å². The molecule has 0 radical (unpaired) electrons. The molecule has 0 bridgehead atoms. The predicted molar refractivity (Wildman–Crippen MR) is 62.0 cm³/mol. The van der Waals surface area contributed by atoms with Gasteiger partial charge in [0.1, 0.15) is 0 Å². The standard InChI is InChI=1S/C11H21NS/c1-8(2)5-10-6-11(13)12(7-10)9(3)4/h8-10H,5-7H2,1-4H3. The van der Waals surface area contributed by atoms with E-state index in [9.17, 15) is 0 Å². The third-order valence-electron chi connectivity index (χ3n) is 2.67. The summed E-state index contributed by atoms with van der Waals surface area (Å²) in [4.78, 5) is 3.56. The highest BCUT2D eigenvalue weighted by Gasteiger charge is 2.28. The number of nitrogens with zero attached hydrogens (tertiary/aromatic N) is 1. The molecule has 0 aromatic rings. The molecule has 1 unspecified atom stereocenters. The number of hydrogen-bond acceptors (Lipinski definition) is 1. The lowest BCUT2D eigenvalue weighted by Gasteiger charge is -2.23. The lowest BCUT2D eigenvalue weighted by Crippen LogP contribution is -2.31. The Hall–Kier alpha value is -0.110.